The lowest BCUT2D eigenvalue weighted by Crippen LogP contribution is -2.52. The van der Waals surface area contributed by atoms with Gasteiger partial charge >= 0.3 is 6.18 Å². The van der Waals surface area contributed by atoms with Crippen molar-refractivity contribution in [2.24, 2.45) is 0 Å². The average Bonchev–Trinajstić information content (AvgIpc) is 3.26. The molecule has 6 nitrogen and oxygen atoms in total. The van der Waals surface area contributed by atoms with E-state index in [1.165, 1.54) is 24.2 Å². The zero-order valence-electron chi connectivity index (χ0n) is 20.4. The van der Waals surface area contributed by atoms with Crippen LogP contribution in [0.2, 0.25) is 0 Å². The predicted octanol–water partition coefficient (Wildman–Crippen LogP) is 4.23. The number of hydrogen-bond donors (Lipinski definition) is 0. The monoisotopic (exact) mass is 489 g/mol. The summed E-state index contributed by atoms with van der Waals surface area (Å²) in [6.07, 6.45) is 1.70. The third kappa shape index (κ3) is 4.92. The Bertz CT molecular complexity index is 1050. The maximum Gasteiger partial charge on any atom is 0.416 e. The number of fused-ring (bicyclic) bond motifs is 1. The molecular formula is C26H34F3N5O. The SMILES string of the molecule is CCn1nc(C(=O)N2CCCCC2)c2c1CCC(N1CCN(c3cccc(C(F)(F)F)c3)CC1)C2. The number of halogens is 3. The first-order chi connectivity index (χ1) is 16.8. The Morgan fingerprint density at radius 2 is 1.80 bits per heavy atom. The van der Waals surface area contributed by atoms with E-state index < -0.39 is 11.7 Å². The van der Waals surface area contributed by atoms with Crippen LogP contribution in [0.5, 0.6) is 0 Å². The number of rotatable bonds is 4. The first kappa shape index (κ1) is 24.2. The number of piperazine rings is 1. The number of amides is 1. The number of benzene rings is 1. The van der Waals surface area contributed by atoms with E-state index in [0.29, 0.717) is 30.5 Å². The second-order valence-corrected chi connectivity index (χ2v) is 9.91. The van der Waals surface area contributed by atoms with Gasteiger partial charge in [0.25, 0.3) is 5.91 Å². The van der Waals surface area contributed by atoms with E-state index in [1.807, 2.05) is 14.5 Å². The molecule has 1 amide bonds. The van der Waals surface area contributed by atoms with Crippen LogP contribution in [0.3, 0.4) is 0 Å². The second-order valence-electron chi connectivity index (χ2n) is 9.91. The van der Waals surface area contributed by atoms with E-state index in [1.54, 1.807) is 6.07 Å². The first-order valence-electron chi connectivity index (χ1n) is 12.9. The summed E-state index contributed by atoms with van der Waals surface area (Å²) in [4.78, 5) is 19.8. The fraction of sp³-hybridized carbons (Fsp3) is 0.615. The van der Waals surface area contributed by atoms with Crippen LogP contribution < -0.4 is 4.90 Å². The van der Waals surface area contributed by atoms with Crippen molar-refractivity contribution in [1.29, 1.82) is 0 Å². The van der Waals surface area contributed by atoms with E-state index in [-0.39, 0.29) is 5.91 Å². The van der Waals surface area contributed by atoms with E-state index in [4.69, 9.17) is 5.10 Å². The number of carbonyl (C=O) groups excluding carboxylic acids is 1. The zero-order valence-corrected chi connectivity index (χ0v) is 20.4. The van der Waals surface area contributed by atoms with Gasteiger partial charge < -0.3 is 9.80 Å². The molecule has 2 fully saturated rings. The molecular weight excluding hydrogens is 455 g/mol. The molecule has 2 aliphatic heterocycles. The highest BCUT2D eigenvalue weighted by molar-refractivity contribution is 5.94. The second kappa shape index (κ2) is 9.84. The lowest BCUT2D eigenvalue weighted by Gasteiger charge is -2.41. The van der Waals surface area contributed by atoms with E-state index in [2.05, 4.69) is 11.8 Å². The summed E-state index contributed by atoms with van der Waals surface area (Å²) in [6, 6.07) is 5.95. The molecule has 1 atom stereocenters. The minimum absolute atomic E-state index is 0.0724. The van der Waals surface area contributed by atoms with E-state index in [0.717, 1.165) is 76.5 Å². The van der Waals surface area contributed by atoms with Crippen LogP contribution in [-0.2, 0) is 25.6 Å². The predicted molar refractivity (Wildman–Crippen MR) is 129 cm³/mol. The first-order valence-corrected chi connectivity index (χ1v) is 12.9. The summed E-state index contributed by atoms with van der Waals surface area (Å²) in [7, 11) is 0. The number of likely N-dealkylation sites (tertiary alicyclic amines) is 1. The van der Waals surface area contributed by atoms with E-state index in [9.17, 15) is 18.0 Å². The Hall–Kier alpha value is -2.55. The smallest absolute Gasteiger partial charge is 0.369 e. The molecule has 0 radical (unpaired) electrons. The van der Waals surface area contributed by atoms with Gasteiger partial charge in [-0.05, 0) is 63.6 Å². The molecule has 0 bridgehead atoms. The van der Waals surface area contributed by atoms with Gasteiger partial charge in [0.15, 0.2) is 5.69 Å². The molecule has 35 heavy (non-hydrogen) atoms. The highest BCUT2D eigenvalue weighted by Crippen LogP contribution is 2.33. The highest BCUT2D eigenvalue weighted by Gasteiger charge is 2.35. The molecule has 2 saturated heterocycles. The van der Waals surface area contributed by atoms with Crippen LogP contribution in [0.15, 0.2) is 24.3 Å². The molecule has 3 aliphatic rings. The van der Waals surface area contributed by atoms with Crippen molar-refractivity contribution in [1.82, 2.24) is 19.6 Å². The summed E-state index contributed by atoms with van der Waals surface area (Å²) >= 11 is 0. The van der Waals surface area contributed by atoms with Gasteiger partial charge in [0, 0.05) is 68.8 Å². The summed E-state index contributed by atoms with van der Waals surface area (Å²) in [5.41, 5.74) is 2.97. The van der Waals surface area contributed by atoms with Gasteiger partial charge in [-0.2, -0.15) is 18.3 Å². The van der Waals surface area contributed by atoms with Crippen molar-refractivity contribution >= 4 is 11.6 Å². The number of carbonyl (C=O) groups is 1. The van der Waals surface area contributed by atoms with Gasteiger partial charge in [-0.25, -0.2) is 0 Å². The third-order valence-electron chi connectivity index (χ3n) is 7.84. The van der Waals surface area contributed by atoms with Gasteiger partial charge in [-0.3, -0.25) is 14.4 Å². The van der Waals surface area contributed by atoms with Gasteiger partial charge in [-0.15, -0.1) is 0 Å². The number of aromatic nitrogens is 2. The number of hydrogen-bond acceptors (Lipinski definition) is 4. The topological polar surface area (TPSA) is 44.6 Å². The van der Waals surface area contributed by atoms with Crippen LogP contribution in [0.4, 0.5) is 18.9 Å². The molecule has 2 aromatic rings. The Balaban J connectivity index is 1.27. The number of nitrogens with zero attached hydrogens (tertiary/aromatic N) is 5. The fourth-order valence-electron chi connectivity index (χ4n) is 5.89. The Labute approximate surface area is 204 Å². The summed E-state index contributed by atoms with van der Waals surface area (Å²) in [6.45, 7) is 7.44. The Kier molecular flexibility index (Phi) is 6.79. The molecule has 9 heteroatoms. The van der Waals surface area contributed by atoms with Crippen molar-refractivity contribution in [3.63, 3.8) is 0 Å². The number of piperidine rings is 1. The van der Waals surface area contributed by atoms with Crippen LogP contribution in [0.1, 0.15) is 59.9 Å². The lowest BCUT2D eigenvalue weighted by molar-refractivity contribution is -0.137. The molecule has 1 aliphatic carbocycles. The number of alkyl halides is 3. The maximum absolute atomic E-state index is 13.3. The van der Waals surface area contributed by atoms with Crippen molar-refractivity contribution in [3.8, 4) is 0 Å². The molecule has 3 heterocycles. The highest BCUT2D eigenvalue weighted by atomic mass is 19.4. The molecule has 190 valence electrons. The normalized spacial score (nSPS) is 21.8. The largest absolute Gasteiger partial charge is 0.416 e. The van der Waals surface area contributed by atoms with Crippen LogP contribution in [0.25, 0.3) is 0 Å². The minimum Gasteiger partial charge on any atom is -0.369 e. The summed E-state index contributed by atoms with van der Waals surface area (Å²) in [5, 5.41) is 4.75. The molecule has 1 unspecified atom stereocenters. The van der Waals surface area contributed by atoms with Gasteiger partial charge in [0.2, 0.25) is 0 Å². The third-order valence-corrected chi connectivity index (χ3v) is 7.84. The molecule has 0 saturated carbocycles. The van der Waals surface area contributed by atoms with Gasteiger partial charge in [0.1, 0.15) is 0 Å². The van der Waals surface area contributed by atoms with Crippen molar-refractivity contribution in [2.45, 2.75) is 64.2 Å². The van der Waals surface area contributed by atoms with Crippen molar-refractivity contribution < 1.29 is 18.0 Å². The quantitative estimate of drug-likeness (QED) is 0.645. The molecule has 0 N–H and O–H groups in total. The Morgan fingerprint density at radius 1 is 1.06 bits per heavy atom. The number of anilines is 1. The lowest BCUT2D eigenvalue weighted by atomic mass is 9.89. The summed E-state index contributed by atoms with van der Waals surface area (Å²) in [5.74, 6) is 0.0724. The summed E-state index contributed by atoms with van der Waals surface area (Å²) < 4.78 is 41.4. The molecule has 1 aromatic carbocycles. The van der Waals surface area contributed by atoms with Gasteiger partial charge in [0.05, 0.1) is 5.56 Å². The molecule has 1 aromatic heterocycles. The Morgan fingerprint density at radius 3 is 2.49 bits per heavy atom. The fourth-order valence-corrected chi connectivity index (χ4v) is 5.89. The van der Waals surface area contributed by atoms with Gasteiger partial charge in [-0.1, -0.05) is 6.07 Å². The zero-order chi connectivity index (χ0) is 24.6. The van der Waals surface area contributed by atoms with Crippen LogP contribution in [-0.4, -0.2) is 70.8 Å². The maximum atomic E-state index is 13.3. The van der Waals surface area contributed by atoms with Crippen molar-refractivity contribution in [3.05, 3.63) is 46.8 Å². The van der Waals surface area contributed by atoms with E-state index >= 15 is 0 Å². The average molecular weight is 490 g/mol. The van der Waals surface area contributed by atoms with Crippen LogP contribution in [0, 0.1) is 0 Å². The standard InChI is InChI=1S/C26H34F3N5O/c1-2-34-23-10-9-21(18-22(23)24(30-34)25(35)33-11-4-3-5-12-33)32-15-13-31(14-16-32)20-8-6-7-19(17-20)26(27,28)29/h6-8,17,21H,2-5,9-16,18H2,1H3. The minimum atomic E-state index is -4.33. The number of aryl methyl sites for hydroxylation is 1. The molecule has 0 spiro atoms. The van der Waals surface area contributed by atoms with Crippen LogP contribution >= 0.6 is 0 Å². The molecule has 5 rings (SSSR count). The van der Waals surface area contributed by atoms with Crippen molar-refractivity contribution in [2.75, 3.05) is 44.2 Å².